The van der Waals surface area contributed by atoms with Crippen LogP contribution in [0.25, 0.3) is 0 Å². The summed E-state index contributed by atoms with van der Waals surface area (Å²) in [5.74, 6) is -4.86. The molecule has 0 fully saturated rings. The summed E-state index contributed by atoms with van der Waals surface area (Å²) in [7, 11) is 0. The largest absolute Gasteiger partial charge is 0.508 e. The normalized spacial score (nSPS) is 26.6. The van der Waals surface area contributed by atoms with Crippen LogP contribution in [0.3, 0.4) is 0 Å². The number of aliphatic hydroxyl groups is 3. The van der Waals surface area contributed by atoms with Gasteiger partial charge in [-0.1, -0.05) is 125 Å². The Bertz CT molecular complexity index is 1630. The highest BCUT2D eigenvalue weighted by Crippen LogP contribution is 2.58. The summed E-state index contributed by atoms with van der Waals surface area (Å²) in [5.41, 5.74) is -10.9. The first kappa shape index (κ1) is 45.6. The molecule has 0 heterocycles. The van der Waals surface area contributed by atoms with Crippen molar-refractivity contribution >= 4 is 17.9 Å². The zero-order chi connectivity index (χ0) is 43.2. The highest BCUT2D eigenvalue weighted by molar-refractivity contribution is 5.93. The van der Waals surface area contributed by atoms with Crippen LogP contribution in [0.4, 0.5) is 0 Å². The fourth-order valence-electron chi connectivity index (χ4n) is 8.40. The molecular weight excluding hydrogens is 698 g/mol. The summed E-state index contributed by atoms with van der Waals surface area (Å²) >= 11 is 0. The molecule has 0 saturated carbocycles. The molecule has 3 aliphatic rings. The molecule has 3 aliphatic carbocycles. The van der Waals surface area contributed by atoms with Crippen molar-refractivity contribution in [3.8, 4) is 0 Å². The monoisotopic (exact) mass is 767 g/mol. The van der Waals surface area contributed by atoms with Crippen LogP contribution in [0.5, 0.6) is 0 Å². The summed E-state index contributed by atoms with van der Waals surface area (Å²) in [6.45, 7) is 32.7. The minimum Gasteiger partial charge on any atom is -0.508 e. The second-order valence-electron chi connectivity index (χ2n) is 22.2. The van der Waals surface area contributed by atoms with Crippen LogP contribution in [0, 0.1) is 32.5 Å². The van der Waals surface area contributed by atoms with E-state index in [0.717, 1.165) is 4.90 Å². The average Bonchev–Trinajstić information content (AvgIpc) is 2.95. The fourth-order valence-corrected chi connectivity index (χ4v) is 8.40. The number of nitrogens with zero attached hydrogens (tertiary/aromatic N) is 1. The quantitative estimate of drug-likeness (QED) is 0.152. The van der Waals surface area contributed by atoms with Gasteiger partial charge in [0.2, 0.25) is 0 Å². The summed E-state index contributed by atoms with van der Waals surface area (Å²) in [5, 5.41) is 71.8. The molecular formula is C45H69NO9. The maximum Gasteiger partial charge on any atom is 0.328 e. The summed E-state index contributed by atoms with van der Waals surface area (Å²) in [4.78, 5) is 45.2. The third-order valence-electron chi connectivity index (χ3n) is 11.6. The van der Waals surface area contributed by atoms with E-state index in [0.29, 0.717) is 16.7 Å². The van der Waals surface area contributed by atoms with Crippen molar-refractivity contribution < 1.29 is 45.0 Å². The van der Waals surface area contributed by atoms with Gasteiger partial charge in [0.25, 0.3) is 0 Å². The number of carbonyl (C=O) groups is 3. The number of hydrogen-bond donors (Lipinski definition) is 6. The highest BCUT2D eigenvalue weighted by Gasteiger charge is 2.68. The van der Waals surface area contributed by atoms with Gasteiger partial charge < -0.3 is 30.6 Å². The second kappa shape index (κ2) is 13.4. The van der Waals surface area contributed by atoms with E-state index in [-0.39, 0.29) is 34.0 Å². The topological polar surface area (TPSA) is 176 Å². The number of allylic oxidation sites excluding steroid dienone is 3. The summed E-state index contributed by atoms with van der Waals surface area (Å²) < 4.78 is 0. The third kappa shape index (κ3) is 7.81. The van der Waals surface area contributed by atoms with E-state index >= 15 is 0 Å². The molecule has 6 N–H and O–H groups in total. The standard InChI is InChI=1S/C45H69NO9/c1-37(2,3)25-19-43(34(50)51,20-26(31(25)47)38(4,5)6)46(44(35(52)53)21-27(39(7,8)9)32(48)28(22-44)40(10,11)12)45(36(54)55)23-29(41(13,14)15)33(49)30(24-45)42(16,17)18/h19,21,23,47-49H,20,22,24H2,1-18H3,(H,50,51)(H,52,53)(H,54,55). The minimum absolute atomic E-state index is 0.115. The molecule has 10 nitrogen and oxygen atoms in total. The third-order valence-corrected chi connectivity index (χ3v) is 11.6. The van der Waals surface area contributed by atoms with Gasteiger partial charge in [0.05, 0.1) is 0 Å². The molecule has 10 heteroatoms. The molecule has 0 aromatic rings. The van der Waals surface area contributed by atoms with Gasteiger partial charge in [-0.2, -0.15) is 0 Å². The van der Waals surface area contributed by atoms with Crippen LogP contribution in [0.15, 0.2) is 68.9 Å². The predicted octanol–water partition coefficient (Wildman–Crippen LogP) is 10.5. The van der Waals surface area contributed by atoms with Crippen LogP contribution in [0.2, 0.25) is 0 Å². The minimum atomic E-state index is -2.43. The number of rotatable bonds is 6. The average molecular weight is 768 g/mol. The lowest BCUT2D eigenvalue weighted by Crippen LogP contribution is -2.76. The predicted molar refractivity (Wildman–Crippen MR) is 217 cm³/mol. The lowest BCUT2D eigenvalue weighted by molar-refractivity contribution is -0.178. The van der Waals surface area contributed by atoms with E-state index in [1.807, 2.05) is 125 Å². The Morgan fingerprint density at radius 2 is 0.600 bits per heavy atom. The number of hydrogen-bond acceptors (Lipinski definition) is 7. The molecule has 3 atom stereocenters. The van der Waals surface area contributed by atoms with Gasteiger partial charge in [-0.15, -0.1) is 0 Å². The van der Waals surface area contributed by atoms with E-state index in [2.05, 4.69) is 0 Å². The summed E-state index contributed by atoms with van der Waals surface area (Å²) in [6, 6.07) is 0. The molecule has 0 aliphatic heterocycles. The molecule has 0 amide bonds. The van der Waals surface area contributed by atoms with Crippen LogP contribution in [-0.2, 0) is 14.4 Å². The first-order chi connectivity index (χ1) is 24.2. The Hall–Kier alpha value is -3.79. The molecule has 3 rings (SSSR count). The van der Waals surface area contributed by atoms with Gasteiger partial charge in [-0.25, -0.2) is 19.3 Å². The van der Waals surface area contributed by atoms with Crippen LogP contribution in [-0.4, -0.2) is 70.1 Å². The van der Waals surface area contributed by atoms with Gasteiger partial charge in [0, 0.05) is 19.3 Å². The molecule has 0 aromatic heterocycles. The molecule has 0 spiro atoms. The molecule has 55 heavy (non-hydrogen) atoms. The van der Waals surface area contributed by atoms with Crippen molar-refractivity contribution in [2.24, 2.45) is 32.5 Å². The Morgan fingerprint density at radius 3 is 0.727 bits per heavy atom. The SMILES string of the molecule is CC(C)(C)C1=CC(C(=O)O)(N(C2(C(=O)O)C=C(C(C)(C)C)C(O)=C(C(C)(C)C)C2)C2(C(=O)O)C=C(C(C)(C)C)C(O)=C(C(C)(C)C)C2)CC(C(C)(C)C)=C1O. The number of aliphatic hydroxyl groups excluding tert-OH is 3. The Kier molecular flexibility index (Phi) is 11.1. The van der Waals surface area contributed by atoms with E-state index < -0.39 is 86.3 Å². The molecule has 0 aromatic carbocycles. The van der Waals surface area contributed by atoms with E-state index in [4.69, 9.17) is 0 Å². The van der Waals surface area contributed by atoms with Gasteiger partial charge in [-0.05, 0) is 84.2 Å². The van der Waals surface area contributed by atoms with Crippen molar-refractivity contribution in [1.29, 1.82) is 0 Å². The van der Waals surface area contributed by atoms with Crippen LogP contribution >= 0.6 is 0 Å². The number of aliphatic carboxylic acids is 3. The Morgan fingerprint density at radius 1 is 0.418 bits per heavy atom. The van der Waals surface area contributed by atoms with Crippen molar-refractivity contribution in [3.63, 3.8) is 0 Å². The lowest BCUT2D eigenvalue weighted by Gasteiger charge is -2.59. The zero-order valence-electron chi connectivity index (χ0n) is 36.7. The molecule has 0 bridgehead atoms. The van der Waals surface area contributed by atoms with Crippen LogP contribution < -0.4 is 0 Å². The second-order valence-corrected chi connectivity index (χ2v) is 22.2. The maximum absolute atomic E-state index is 14.7. The van der Waals surface area contributed by atoms with E-state index in [9.17, 15) is 45.0 Å². The van der Waals surface area contributed by atoms with E-state index in [1.54, 1.807) is 0 Å². The summed E-state index contributed by atoms with van der Waals surface area (Å²) in [6.07, 6.45) is 2.73. The Labute approximate surface area is 329 Å². The van der Waals surface area contributed by atoms with Crippen molar-refractivity contribution in [1.82, 2.24) is 4.90 Å². The maximum atomic E-state index is 14.7. The van der Waals surface area contributed by atoms with Crippen molar-refractivity contribution in [2.45, 2.75) is 161 Å². The number of carboxylic acids is 3. The first-order valence-electron chi connectivity index (χ1n) is 19.2. The van der Waals surface area contributed by atoms with E-state index in [1.165, 1.54) is 18.2 Å². The van der Waals surface area contributed by atoms with Crippen molar-refractivity contribution in [2.75, 3.05) is 0 Å². The molecule has 3 unspecified atom stereocenters. The van der Waals surface area contributed by atoms with Gasteiger partial charge in [0.1, 0.15) is 33.9 Å². The zero-order valence-corrected chi connectivity index (χ0v) is 36.7. The number of carboxylic acid groups (broad SMARTS) is 3. The van der Waals surface area contributed by atoms with Gasteiger partial charge in [0.15, 0.2) is 0 Å². The fraction of sp³-hybridized carbons (Fsp3) is 0.667. The highest BCUT2D eigenvalue weighted by atomic mass is 16.4. The smallest absolute Gasteiger partial charge is 0.328 e. The lowest BCUT2D eigenvalue weighted by atomic mass is 9.61. The van der Waals surface area contributed by atoms with Crippen molar-refractivity contribution in [3.05, 3.63) is 68.9 Å². The molecule has 0 radical (unpaired) electrons. The van der Waals surface area contributed by atoms with Gasteiger partial charge >= 0.3 is 17.9 Å². The van der Waals surface area contributed by atoms with Gasteiger partial charge in [-0.3, -0.25) is 0 Å². The molecule has 308 valence electrons. The first-order valence-corrected chi connectivity index (χ1v) is 19.2. The molecule has 0 saturated heterocycles. The Balaban J connectivity index is 2.94. The van der Waals surface area contributed by atoms with Crippen LogP contribution in [0.1, 0.15) is 144 Å².